The average Bonchev–Trinajstić information content (AvgIpc) is 2.93. The van der Waals surface area contributed by atoms with E-state index >= 15 is 0 Å². The summed E-state index contributed by atoms with van der Waals surface area (Å²) in [7, 11) is 1.49. The SMILES string of the molecule is COc1cc(C#N)cc(OCc2ccc(C(=O)O)o2)c1. The summed E-state index contributed by atoms with van der Waals surface area (Å²) in [4.78, 5) is 10.7. The number of carboxylic acid groups (broad SMARTS) is 1. The topological polar surface area (TPSA) is 92.7 Å². The number of aromatic carboxylic acids is 1. The van der Waals surface area contributed by atoms with E-state index in [1.165, 1.54) is 19.2 Å². The molecule has 0 saturated heterocycles. The molecule has 0 aliphatic rings. The van der Waals surface area contributed by atoms with Crippen LogP contribution in [0.3, 0.4) is 0 Å². The van der Waals surface area contributed by atoms with Crippen molar-refractivity contribution in [2.24, 2.45) is 0 Å². The molecule has 20 heavy (non-hydrogen) atoms. The van der Waals surface area contributed by atoms with Crippen LogP contribution in [0.25, 0.3) is 0 Å². The third kappa shape index (κ3) is 3.09. The van der Waals surface area contributed by atoms with Crippen molar-refractivity contribution in [3.63, 3.8) is 0 Å². The van der Waals surface area contributed by atoms with Gasteiger partial charge in [0.15, 0.2) is 0 Å². The predicted octanol–water partition coefficient (Wildman–Crippen LogP) is 2.44. The quantitative estimate of drug-likeness (QED) is 0.899. The molecule has 0 radical (unpaired) electrons. The maximum atomic E-state index is 10.7. The standard InChI is InChI=1S/C14H11NO5/c1-18-11-4-9(7-15)5-12(6-11)19-8-10-2-3-13(20-10)14(16)17/h2-6H,8H2,1H3,(H,16,17). The summed E-state index contributed by atoms with van der Waals surface area (Å²) in [6.45, 7) is 0.0608. The molecule has 2 rings (SSSR count). The molecule has 1 aromatic carbocycles. The van der Waals surface area contributed by atoms with Crippen LogP contribution in [0.2, 0.25) is 0 Å². The van der Waals surface area contributed by atoms with Crippen molar-refractivity contribution in [1.29, 1.82) is 5.26 Å². The van der Waals surface area contributed by atoms with E-state index in [1.54, 1.807) is 18.2 Å². The van der Waals surface area contributed by atoms with Gasteiger partial charge in [0.05, 0.1) is 18.7 Å². The molecule has 1 N–H and O–H groups in total. The number of nitrogens with zero attached hydrogens (tertiary/aromatic N) is 1. The van der Waals surface area contributed by atoms with Gasteiger partial charge in [-0.1, -0.05) is 0 Å². The molecular weight excluding hydrogens is 262 g/mol. The number of carboxylic acids is 1. The number of hydrogen-bond acceptors (Lipinski definition) is 5. The fourth-order valence-corrected chi connectivity index (χ4v) is 1.56. The van der Waals surface area contributed by atoms with Crippen LogP contribution in [0, 0.1) is 11.3 Å². The number of carbonyl (C=O) groups is 1. The number of nitriles is 1. The lowest BCUT2D eigenvalue weighted by atomic mass is 10.2. The van der Waals surface area contributed by atoms with Gasteiger partial charge in [0.2, 0.25) is 5.76 Å². The second-order valence-electron chi connectivity index (χ2n) is 3.87. The Kier molecular flexibility index (Phi) is 3.91. The van der Waals surface area contributed by atoms with Gasteiger partial charge in [-0.3, -0.25) is 0 Å². The molecule has 6 nitrogen and oxygen atoms in total. The van der Waals surface area contributed by atoms with Crippen molar-refractivity contribution < 1.29 is 23.8 Å². The summed E-state index contributed by atoms with van der Waals surface area (Å²) < 4.78 is 15.6. The molecule has 102 valence electrons. The second kappa shape index (κ2) is 5.80. The van der Waals surface area contributed by atoms with Gasteiger partial charge in [-0.15, -0.1) is 0 Å². The highest BCUT2D eigenvalue weighted by Gasteiger charge is 2.09. The maximum Gasteiger partial charge on any atom is 0.371 e. The molecule has 0 bridgehead atoms. The van der Waals surface area contributed by atoms with E-state index < -0.39 is 5.97 Å². The van der Waals surface area contributed by atoms with Crippen LogP contribution >= 0.6 is 0 Å². The van der Waals surface area contributed by atoms with Crippen molar-refractivity contribution in [1.82, 2.24) is 0 Å². The van der Waals surface area contributed by atoms with Crippen LogP contribution in [0.4, 0.5) is 0 Å². The van der Waals surface area contributed by atoms with E-state index in [9.17, 15) is 4.79 Å². The van der Waals surface area contributed by atoms with Crippen molar-refractivity contribution in [3.05, 3.63) is 47.4 Å². The Balaban J connectivity index is 2.10. The lowest BCUT2D eigenvalue weighted by Crippen LogP contribution is -1.96. The van der Waals surface area contributed by atoms with Gasteiger partial charge in [0.25, 0.3) is 0 Å². The Morgan fingerprint density at radius 1 is 1.35 bits per heavy atom. The smallest absolute Gasteiger partial charge is 0.371 e. The number of ether oxygens (including phenoxy) is 2. The zero-order valence-corrected chi connectivity index (χ0v) is 10.6. The second-order valence-corrected chi connectivity index (χ2v) is 3.87. The Hall–Kier alpha value is -2.94. The molecule has 0 aliphatic carbocycles. The van der Waals surface area contributed by atoms with Crippen LogP contribution in [-0.2, 0) is 6.61 Å². The number of benzene rings is 1. The molecule has 1 aromatic heterocycles. The summed E-state index contributed by atoms with van der Waals surface area (Å²) >= 11 is 0. The minimum atomic E-state index is -1.13. The molecule has 0 fully saturated rings. The highest BCUT2D eigenvalue weighted by molar-refractivity contribution is 5.84. The minimum absolute atomic E-state index is 0.0608. The molecule has 0 atom stereocenters. The number of rotatable bonds is 5. The molecule has 0 saturated carbocycles. The zero-order valence-electron chi connectivity index (χ0n) is 10.6. The van der Waals surface area contributed by atoms with Crippen LogP contribution in [0.1, 0.15) is 21.9 Å². The number of hydrogen-bond donors (Lipinski definition) is 1. The molecule has 2 aromatic rings. The monoisotopic (exact) mass is 273 g/mol. The Labute approximate surface area is 114 Å². The summed E-state index contributed by atoms with van der Waals surface area (Å²) in [6, 6.07) is 9.65. The summed E-state index contributed by atoms with van der Waals surface area (Å²) in [5.74, 6) is 0.0407. The molecule has 0 aliphatic heterocycles. The molecular formula is C14H11NO5. The van der Waals surface area contributed by atoms with Gasteiger partial charge in [0.1, 0.15) is 23.9 Å². The Bertz CT molecular complexity index is 668. The summed E-state index contributed by atoms with van der Waals surface area (Å²) in [6.07, 6.45) is 0. The van der Waals surface area contributed by atoms with Gasteiger partial charge < -0.3 is 19.0 Å². The zero-order chi connectivity index (χ0) is 14.5. The molecule has 0 unspecified atom stereocenters. The average molecular weight is 273 g/mol. The van der Waals surface area contributed by atoms with Crippen molar-refractivity contribution >= 4 is 5.97 Å². The largest absolute Gasteiger partial charge is 0.497 e. The molecule has 0 amide bonds. The minimum Gasteiger partial charge on any atom is -0.497 e. The van der Waals surface area contributed by atoms with Crippen LogP contribution in [-0.4, -0.2) is 18.2 Å². The lowest BCUT2D eigenvalue weighted by Gasteiger charge is -2.07. The van der Waals surface area contributed by atoms with Gasteiger partial charge in [-0.2, -0.15) is 5.26 Å². The fourth-order valence-electron chi connectivity index (χ4n) is 1.56. The Morgan fingerprint density at radius 3 is 2.70 bits per heavy atom. The first kappa shape index (κ1) is 13.5. The van der Waals surface area contributed by atoms with Crippen LogP contribution in [0.15, 0.2) is 34.7 Å². The first-order chi connectivity index (χ1) is 9.62. The molecule has 1 heterocycles. The lowest BCUT2D eigenvalue weighted by molar-refractivity contribution is 0.0658. The van der Waals surface area contributed by atoms with Crippen LogP contribution in [0.5, 0.6) is 11.5 Å². The van der Waals surface area contributed by atoms with E-state index in [0.29, 0.717) is 22.8 Å². The fraction of sp³-hybridized carbons (Fsp3) is 0.143. The van der Waals surface area contributed by atoms with E-state index in [-0.39, 0.29) is 12.4 Å². The summed E-state index contributed by atoms with van der Waals surface area (Å²) in [5, 5.41) is 17.6. The van der Waals surface area contributed by atoms with Crippen molar-refractivity contribution in [2.45, 2.75) is 6.61 Å². The predicted molar refractivity (Wildman–Crippen MR) is 67.7 cm³/mol. The van der Waals surface area contributed by atoms with Crippen molar-refractivity contribution in [2.75, 3.05) is 7.11 Å². The molecule has 6 heteroatoms. The first-order valence-corrected chi connectivity index (χ1v) is 5.66. The molecule has 0 spiro atoms. The highest BCUT2D eigenvalue weighted by Crippen LogP contribution is 2.23. The van der Waals surface area contributed by atoms with Crippen molar-refractivity contribution in [3.8, 4) is 17.6 Å². The van der Waals surface area contributed by atoms with Gasteiger partial charge >= 0.3 is 5.97 Å². The van der Waals surface area contributed by atoms with E-state index in [1.807, 2.05) is 6.07 Å². The first-order valence-electron chi connectivity index (χ1n) is 5.66. The van der Waals surface area contributed by atoms with E-state index in [2.05, 4.69) is 0 Å². The normalized spacial score (nSPS) is 9.80. The van der Waals surface area contributed by atoms with E-state index in [0.717, 1.165) is 0 Å². The number of furan rings is 1. The van der Waals surface area contributed by atoms with Gasteiger partial charge in [-0.25, -0.2) is 4.79 Å². The van der Waals surface area contributed by atoms with E-state index in [4.69, 9.17) is 24.3 Å². The number of methoxy groups -OCH3 is 1. The summed E-state index contributed by atoms with van der Waals surface area (Å²) in [5.41, 5.74) is 0.407. The maximum absolute atomic E-state index is 10.7. The highest BCUT2D eigenvalue weighted by atomic mass is 16.5. The Morgan fingerprint density at radius 2 is 2.10 bits per heavy atom. The van der Waals surface area contributed by atoms with Gasteiger partial charge in [0, 0.05) is 6.07 Å². The third-order valence-electron chi connectivity index (χ3n) is 2.50. The van der Waals surface area contributed by atoms with Crippen LogP contribution < -0.4 is 9.47 Å². The van der Waals surface area contributed by atoms with Gasteiger partial charge in [-0.05, 0) is 24.3 Å². The third-order valence-corrected chi connectivity index (χ3v) is 2.50.